The van der Waals surface area contributed by atoms with Crippen LogP contribution in [0.2, 0.25) is 0 Å². The van der Waals surface area contributed by atoms with E-state index in [1.54, 1.807) is 6.92 Å². The van der Waals surface area contributed by atoms with Gasteiger partial charge in [-0.3, -0.25) is 4.79 Å². The van der Waals surface area contributed by atoms with Gasteiger partial charge in [-0.25, -0.2) is 4.79 Å². The summed E-state index contributed by atoms with van der Waals surface area (Å²) in [5.41, 5.74) is 0. The number of nitrogens with zero attached hydrogens (tertiary/aromatic N) is 2. The number of carbonyl (C=O) groups is 2. The number of aliphatic hydroxyl groups is 1. The highest BCUT2D eigenvalue weighted by Gasteiger charge is 2.20. The second kappa shape index (κ2) is 6.70. The molecule has 1 atom stereocenters. The Labute approximate surface area is 103 Å². The summed E-state index contributed by atoms with van der Waals surface area (Å²) in [6, 6.07) is -1.05. The molecule has 18 heavy (non-hydrogen) atoms. The van der Waals surface area contributed by atoms with Crippen molar-refractivity contribution in [2.45, 2.75) is 25.8 Å². The van der Waals surface area contributed by atoms with Crippen LogP contribution in [0, 0.1) is 6.92 Å². The molecule has 0 radical (unpaired) electrons. The molecule has 0 saturated heterocycles. The van der Waals surface area contributed by atoms with Crippen molar-refractivity contribution >= 4 is 11.9 Å². The van der Waals surface area contributed by atoms with E-state index in [1.165, 1.54) is 7.11 Å². The Kier molecular flexibility index (Phi) is 5.25. The maximum atomic E-state index is 11.5. The smallest absolute Gasteiger partial charge is 0.330 e. The van der Waals surface area contributed by atoms with Crippen molar-refractivity contribution in [3.63, 3.8) is 0 Å². The third-order valence-electron chi connectivity index (χ3n) is 2.14. The standard InChI is InChI=1S/C10H15N3O5/c1-6-11-9(18-13-6)4-3-8(15)12-7(5-14)10(16)17-2/h7,14H,3-5H2,1-2H3,(H,12,15). The van der Waals surface area contributed by atoms with Crippen molar-refractivity contribution in [2.75, 3.05) is 13.7 Å². The normalized spacial score (nSPS) is 11.9. The fourth-order valence-corrected chi connectivity index (χ4v) is 1.25. The largest absolute Gasteiger partial charge is 0.467 e. The predicted molar refractivity (Wildman–Crippen MR) is 58.4 cm³/mol. The topological polar surface area (TPSA) is 115 Å². The third-order valence-corrected chi connectivity index (χ3v) is 2.14. The molecule has 0 aliphatic carbocycles. The van der Waals surface area contributed by atoms with Crippen LogP contribution in [-0.4, -0.2) is 46.9 Å². The summed E-state index contributed by atoms with van der Waals surface area (Å²) in [6.07, 6.45) is 0.348. The average Bonchev–Trinajstić information content (AvgIpc) is 2.78. The zero-order valence-corrected chi connectivity index (χ0v) is 10.2. The maximum absolute atomic E-state index is 11.5. The Morgan fingerprint density at radius 1 is 1.56 bits per heavy atom. The van der Waals surface area contributed by atoms with Gasteiger partial charge in [-0.15, -0.1) is 0 Å². The molecule has 100 valence electrons. The van der Waals surface area contributed by atoms with E-state index in [4.69, 9.17) is 9.63 Å². The molecule has 0 aliphatic rings. The monoisotopic (exact) mass is 257 g/mol. The molecule has 0 spiro atoms. The predicted octanol–water partition coefficient (Wildman–Crippen LogP) is -1.04. The molecule has 2 N–H and O–H groups in total. The van der Waals surface area contributed by atoms with Crippen LogP contribution in [0.25, 0.3) is 0 Å². The number of amides is 1. The second-order valence-electron chi connectivity index (χ2n) is 3.56. The van der Waals surface area contributed by atoms with E-state index in [9.17, 15) is 9.59 Å². The van der Waals surface area contributed by atoms with Gasteiger partial charge in [0.25, 0.3) is 0 Å². The summed E-state index contributed by atoms with van der Waals surface area (Å²) in [5, 5.41) is 14.8. The van der Waals surface area contributed by atoms with Crippen LogP contribution >= 0.6 is 0 Å². The Balaban J connectivity index is 2.39. The first kappa shape index (κ1) is 14.1. The zero-order valence-electron chi connectivity index (χ0n) is 10.2. The molecule has 0 bridgehead atoms. The molecule has 1 aromatic heterocycles. The minimum absolute atomic E-state index is 0.0785. The van der Waals surface area contributed by atoms with E-state index in [2.05, 4.69) is 20.2 Å². The van der Waals surface area contributed by atoms with Crippen molar-refractivity contribution in [1.82, 2.24) is 15.5 Å². The van der Waals surface area contributed by atoms with E-state index < -0.39 is 24.5 Å². The SMILES string of the molecule is COC(=O)C(CO)NC(=O)CCc1nc(C)no1. The van der Waals surface area contributed by atoms with Crippen LogP contribution in [0.5, 0.6) is 0 Å². The number of methoxy groups -OCH3 is 1. The van der Waals surface area contributed by atoms with Gasteiger partial charge in [-0.1, -0.05) is 5.16 Å². The molecule has 8 nitrogen and oxygen atoms in total. The van der Waals surface area contributed by atoms with E-state index in [0.29, 0.717) is 11.7 Å². The quantitative estimate of drug-likeness (QED) is 0.625. The van der Waals surface area contributed by atoms with E-state index in [-0.39, 0.29) is 12.8 Å². The van der Waals surface area contributed by atoms with Crippen LogP contribution in [-0.2, 0) is 20.7 Å². The number of aryl methyl sites for hydroxylation is 2. The minimum Gasteiger partial charge on any atom is -0.467 e. The lowest BCUT2D eigenvalue weighted by molar-refractivity contribution is -0.146. The molecule has 1 aromatic rings. The van der Waals surface area contributed by atoms with Crippen molar-refractivity contribution in [3.8, 4) is 0 Å². The summed E-state index contributed by atoms with van der Waals surface area (Å²) in [4.78, 5) is 26.5. The first-order chi connectivity index (χ1) is 8.56. The van der Waals surface area contributed by atoms with Gasteiger partial charge in [0.2, 0.25) is 11.8 Å². The molecular weight excluding hydrogens is 242 g/mol. The van der Waals surface area contributed by atoms with E-state index in [1.807, 2.05) is 0 Å². The molecule has 8 heteroatoms. The number of nitrogens with one attached hydrogen (secondary N) is 1. The molecule has 1 amide bonds. The number of carbonyl (C=O) groups excluding carboxylic acids is 2. The van der Waals surface area contributed by atoms with Crippen LogP contribution < -0.4 is 5.32 Å². The highest BCUT2D eigenvalue weighted by Crippen LogP contribution is 2.00. The minimum atomic E-state index is -1.05. The van der Waals surface area contributed by atoms with Crippen molar-refractivity contribution in [1.29, 1.82) is 0 Å². The fourth-order valence-electron chi connectivity index (χ4n) is 1.25. The van der Waals surface area contributed by atoms with Crippen molar-refractivity contribution < 1.29 is 24.0 Å². The third kappa shape index (κ3) is 4.13. The van der Waals surface area contributed by atoms with Crippen LogP contribution in [0.3, 0.4) is 0 Å². The van der Waals surface area contributed by atoms with Gasteiger partial charge < -0.3 is 19.7 Å². The second-order valence-corrected chi connectivity index (χ2v) is 3.56. The summed E-state index contributed by atoms with van der Waals surface area (Å²) >= 11 is 0. The summed E-state index contributed by atoms with van der Waals surface area (Å²) in [6.45, 7) is 1.16. The number of esters is 1. The summed E-state index contributed by atoms with van der Waals surface area (Å²) in [7, 11) is 1.18. The molecule has 0 fully saturated rings. The lowest BCUT2D eigenvalue weighted by Gasteiger charge is -2.13. The molecule has 0 aliphatic heterocycles. The Hall–Kier alpha value is -1.96. The van der Waals surface area contributed by atoms with Crippen molar-refractivity contribution in [3.05, 3.63) is 11.7 Å². The molecular formula is C10H15N3O5. The number of aromatic nitrogens is 2. The Morgan fingerprint density at radius 2 is 2.28 bits per heavy atom. The molecule has 0 saturated carbocycles. The van der Waals surface area contributed by atoms with Gasteiger partial charge in [-0.05, 0) is 6.92 Å². The van der Waals surface area contributed by atoms with Crippen LogP contribution in [0.1, 0.15) is 18.1 Å². The molecule has 1 unspecified atom stereocenters. The Morgan fingerprint density at radius 3 is 2.78 bits per heavy atom. The molecule has 1 rings (SSSR count). The Bertz CT molecular complexity index is 417. The number of aliphatic hydroxyl groups excluding tert-OH is 1. The van der Waals surface area contributed by atoms with Gasteiger partial charge in [-0.2, -0.15) is 4.98 Å². The first-order valence-corrected chi connectivity index (χ1v) is 5.34. The maximum Gasteiger partial charge on any atom is 0.330 e. The van der Waals surface area contributed by atoms with Gasteiger partial charge in [0.05, 0.1) is 13.7 Å². The fraction of sp³-hybridized carbons (Fsp3) is 0.600. The van der Waals surface area contributed by atoms with Gasteiger partial charge >= 0.3 is 5.97 Å². The average molecular weight is 257 g/mol. The zero-order chi connectivity index (χ0) is 13.5. The first-order valence-electron chi connectivity index (χ1n) is 5.34. The van der Waals surface area contributed by atoms with Gasteiger partial charge in [0, 0.05) is 12.8 Å². The molecule has 0 aromatic carbocycles. The van der Waals surface area contributed by atoms with E-state index in [0.717, 1.165) is 0 Å². The lowest BCUT2D eigenvalue weighted by atomic mass is 10.2. The van der Waals surface area contributed by atoms with Crippen LogP contribution in [0.15, 0.2) is 4.52 Å². The van der Waals surface area contributed by atoms with Crippen LogP contribution in [0.4, 0.5) is 0 Å². The number of ether oxygens (including phenoxy) is 1. The van der Waals surface area contributed by atoms with Gasteiger partial charge in [0.1, 0.15) is 0 Å². The van der Waals surface area contributed by atoms with Crippen molar-refractivity contribution in [2.24, 2.45) is 0 Å². The lowest BCUT2D eigenvalue weighted by Crippen LogP contribution is -2.44. The summed E-state index contributed by atoms with van der Waals surface area (Å²) < 4.78 is 9.25. The highest BCUT2D eigenvalue weighted by atomic mass is 16.5. The number of rotatable bonds is 6. The highest BCUT2D eigenvalue weighted by molar-refractivity contribution is 5.84. The number of hydrogen-bond acceptors (Lipinski definition) is 7. The van der Waals surface area contributed by atoms with E-state index >= 15 is 0 Å². The van der Waals surface area contributed by atoms with Gasteiger partial charge in [0.15, 0.2) is 11.9 Å². The molecule has 1 heterocycles. The summed E-state index contributed by atoms with van der Waals surface area (Å²) in [5.74, 6) is -0.260. The number of hydrogen-bond donors (Lipinski definition) is 2.